The number of carboxylic acid groups (broad SMARTS) is 1. The number of aryl methyl sites for hydroxylation is 2. The number of aromatic nitrogens is 1. The third kappa shape index (κ3) is 3.92. The number of nitrogens with zero attached hydrogens (tertiary/aromatic N) is 1. The van der Waals surface area contributed by atoms with Gasteiger partial charge in [-0.2, -0.15) is 0 Å². The molecule has 4 nitrogen and oxygen atoms in total. The Morgan fingerprint density at radius 3 is 2.71 bits per heavy atom. The first-order valence-corrected chi connectivity index (χ1v) is 6.74. The van der Waals surface area contributed by atoms with Crippen LogP contribution in [0, 0.1) is 6.92 Å². The first-order valence-electron chi connectivity index (χ1n) is 6.74. The molecule has 0 spiro atoms. The summed E-state index contributed by atoms with van der Waals surface area (Å²) in [5.74, 6) is 0.311. The van der Waals surface area contributed by atoms with Gasteiger partial charge < -0.3 is 9.84 Å². The van der Waals surface area contributed by atoms with E-state index < -0.39 is 5.97 Å². The van der Waals surface area contributed by atoms with Gasteiger partial charge in [-0.15, -0.1) is 0 Å². The van der Waals surface area contributed by atoms with Crippen LogP contribution in [0.15, 0.2) is 42.5 Å². The maximum Gasteiger partial charge on any atom is 0.328 e. The van der Waals surface area contributed by atoms with Crippen molar-refractivity contribution in [2.45, 2.75) is 20.3 Å². The van der Waals surface area contributed by atoms with E-state index in [4.69, 9.17) is 9.84 Å². The summed E-state index contributed by atoms with van der Waals surface area (Å²) < 4.78 is 5.91. The van der Waals surface area contributed by atoms with Gasteiger partial charge in [0.25, 0.3) is 0 Å². The SMILES string of the molecule is CCc1nc(C)ccc1Oc1ccccc1/C=C/C(=O)O. The van der Waals surface area contributed by atoms with E-state index in [1.165, 1.54) is 6.08 Å². The fourth-order valence-electron chi connectivity index (χ4n) is 1.93. The number of hydrogen-bond donors (Lipinski definition) is 1. The van der Waals surface area contributed by atoms with Gasteiger partial charge in [-0.1, -0.05) is 25.1 Å². The second-order valence-electron chi connectivity index (χ2n) is 4.56. The molecule has 2 rings (SSSR count). The lowest BCUT2D eigenvalue weighted by molar-refractivity contribution is -0.131. The molecule has 0 aliphatic carbocycles. The molecule has 108 valence electrons. The van der Waals surface area contributed by atoms with Gasteiger partial charge in [0.1, 0.15) is 11.5 Å². The second kappa shape index (κ2) is 6.70. The standard InChI is InChI=1S/C17H17NO3/c1-3-14-16(10-8-12(2)18-14)21-15-7-5-4-6-13(15)9-11-17(19)20/h4-11H,3H2,1-2H3,(H,19,20)/b11-9+. The number of hydrogen-bond acceptors (Lipinski definition) is 3. The molecule has 1 aromatic carbocycles. The van der Waals surface area contributed by atoms with Crippen molar-refractivity contribution in [1.82, 2.24) is 4.98 Å². The van der Waals surface area contributed by atoms with Crippen LogP contribution in [0.3, 0.4) is 0 Å². The zero-order valence-corrected chi connectivity index (χ0v) is 12.0. The van der Waals surface area contributed by atoms with Crippen LogP contribution in [0.1, 0.15) is 23.9 Å². The van der Waals surface area contributed by atoms with Gasteiger partial charge in [0.15, 0.2) is 0 Å². The topological polar surface area (TPSA) is 59.4 Å². The van der Waals surface area contributed by atoms with Crippen molar-refractivity contribution in [3.63, 3.8) is 0 Å². The second-order valence-corrected chi connectivity index (χ2v) is 4.56. The molecule has 0 fully saturated rings. The van der Waals surface area contributed by atoms with Crippen LogP contribution in [0.4, 0.5) is 0 Å². The minimum Gasteiger partial charge on any atom is -0.478 e. The Bertz CT molecular complexity index is 677. The molecular formula is C17H17NO3. The summed E-state index contributed by atoms with van der Waals surface area (Å²) in [6.45, 7) is 3.96. The number of carbonyl (C=O) groups is 1. The van der Waals surface area contributed by atoms with Crippen LogP contribution in [0.2, 0.25) is 0 Å². The molecule has 0 unspecified atom stereocenters. The zero-order chi connectivity index (χ0) is 15.2. The first kappa shape index (κ1) is 14.8. The molecule has 1 N–H and O–H groups in total. The van der Waals surface area contributed by atoms with E-state index in [0.717, 1.165) is 23.9 Å². The molecule has 0 bridgehead atoms. The van der Waals surface area contributed by atoms with E-state index in [-0.39, 0.29) is 0 Å². The van der Waals surface area contributed by atoms with Gasteiger partial charge in [0, 0.05) is 17.3 Å². The quantitative estimate of drug-likeness (QED) is 0.847. The summed E-state index contributed by atoms with van der Waals surface area (Å²) in [7, 11) is 0. The molecule has 0 radical (unpaired) electrons. The van der Waals surface area contributed by atoms with Crippen molar-refractivity contribution in [2.75, 3.05) is 0 Å². The molecule has 0 saturated carbocycles. The van der Waals surface area contributed by atoms with E-state index in [1.807, 2.05) is 44.2 Å². The molecule has 4 heteroatoms. The molecule has 0 saturated heterocycles. The predicted octanol–water partition coefficient (Wildman–Crippen LogP) is 3.84. The molecule has 0 amide bonds. The molecule has 1 aromatic heterocycles. The van der Waals surface area contributed by atoms with Gasteiger partial charge in [0.05, 0.1) is 5.69 Å². The minimum absolute atomic E-state index is 0.607. The maximum atomic E-state index is 10.6. The van der Waals surface area contributed by atoms with Gasteiger partial charge in [-0.05, 0) is 37.6 Å². The van der Waals surface area contributed by atoms with Crippen LogP contribution >= 0.6 is 0 Å². The van der Waals surface area contributed by atoms with E-state index in [9.17, 15) is 4.79 Å². The molecule has 0 atom stereocenters. The third-order valence-electron chi connectivity index (χ3n) is 2.95. The number of carboxylic acids is 1. The molecular weight excluding hydrogens is 266 g/mol. The molecule has 1 heterocycles. The Balaban J connectivity index is 2.34. The van der Waals surface area contributed by atoms with E-state index in [0.29, 0.717) is 17.1 Å². The molecule has 0 aliphatic rings. The molecule has 2 aromatic rings. The lowest BCUT2D eigenvalue weighted by Gasteiger charge is -2.12. The van der Waals surface area contributed by atoms with Crippen LogP contribution in [-0.2, 0) is 11.2 Å². The highest BCUT2D eigenvalue weighted by molar-refractivity contribution is 5.85. The molecule has 0 aliphatic heterocycles. The Kier molecular flexibility index (Phi) is 4.72. The number of aliphatic carboxylic acids is 1. The Morgan fingerprint density at radius 1 is 1.24 bits per heavy atom. The highest BCUT2D eigenvalue weighted by Crippen LogP contribution is 2.28. The lowest BCUT2D eigenvalue weighted by atomic mass is 10.2. The smallest absolute Gasteiger partial charge is 0.328 e. The average Bonchev–Trinajstić information content (AvgIpc) is 2.48. The van der Waals surface area contributed by atoms with Crippen molar-refractivity contribution < 1.29 is 14.6 Å². The Labute approximate surface area is 123 Å². The number of benzene rings is 1. The monoisotopic (exact) mass is 283 g/mol. The Morgan fingerprint density at radius 2 is 2.00 bits per heavy atom. The van der Waals surface area contributed by atoms with Gasteiger partial charge >= 0.3 is 5.97 Å². The summed E-state index contributed by atoms with van der Waals surface area (Å²) in [6, 6.07) is 11.1. The normalized spacial score (nSPS) is 10.8. The van der Waals surface area contributed by atoms with E-state index >= 15 is 0 Å². The van der Waals surface area contributed by atoms with E-state index in [2.05, 4.69) is 4.98 Å². The fraction of sp³-hybridized carbons (Fsp3) is 0.176. The van der Waals surface area contributed by atoms with Gasteiger partial charge in [-0.3, -0.25) is 4.98 Å². The average molecular weight is 283 g/mol. The van der Waals surface area contributed by atoms with Crippen LogP contribution in [-0.4, -0.2) is 16.1 Å². The van der Waals surface area contributed by atoms with Gasteiger partial charge in [-0.25, -0.2) is 4.79 Å². The Hall–Kier alpha value is -2.62. The van der Waals surface area contributed by atoms with Gasteiger partial charge in [0.2, 0.25) is 0 Å². The third-order valence-corrected chi connectivity index (χ3v) is 2.95. The lowest BCUT2D eigenvalue weighted by Crippen LogP contribution is -1.96. The summed E-state index contributed by atoms with van der Waals surface area (Å²) in [6.07, 6.45) is 3.38. The summed E-state index contributed by atoms with van der Waals surface area (Å²) >= 11 is 0. The number of pyridine rings is 1. The fourth-order valence-corrected chi connectivity index (χ4v) is 1.93. The zero-order valence-electron chi connectivity index (χ0n) is 12.0. The predicted molar refractivity (Wildman–Crippen MR) is 81.5 cm³/mol. The van der Waals surface area contributed by atoms with Crippen LogP contribution < -0.4 is 4.74 Å². The van der Waals surface area contributed by atoms with Crippen LogP contribution in [0.5, 0.6) is 11.5 Å². The number of ether oxygens (including phenoxy) is 1. The number of rotatable bonds is 5. The highest BCUT2D eigenvalue weighted by atomic mass is 16.5. The van der Waals surface area contributed by atoms with Crippen molar-refractivity contribution >= 4 is 12.0 Å². The minimum atomic E-state index is -0.990. The highest BCUT2D eigenvalue weighted by Gasteiger charge is 2.07. The molecule has 21 heavy (non-hydrogen) atoms. The van der Waals surface area contributed by atoms with Crippen molar-refractivity contribution in [1.29, 1.82) is 0 Å². The van der Waals surface area contributed by atoms with Crippen molar-refractivity contribution in [2.24, 2.45) is 0 Å². The van der Waals surface area contributed by atoms with E-state index in [1.54, 1.807) is 6.07 Å². The summed E-state index contributed by atoms with van der Waals surface area (Å²) in [5, 5.41) is 8.73. The van der Waals surface area contributed by atoms with Crippen molar-refractivity contribution in [3.05, 3.63) is 59.4 Å². The first-order chi connectivity index (χ1) is 10.1. The maximum absolute atomic E-state index is 10.6. The largest absolute Gasteiger partial charge is 0.478 e. The van der Waals surface area contributed by atoms with Crippen LogP contribution in [0.25, 0.3) is 6.08 Å². The summed E-state index contributed by atoms with van der Waals surface area (Å²) in [4.78, 5) is 15.1. The van der Waals surface area contributed by atoms with Crippen molar-refractivity contribution in [3.8, 4) is 11.5 Å². The summed E-state index contributed by atoms with van der Waals surface area (Å²) in [5.41, 5.74) is 2.54. The number of para-hydroxylation sites is 1.